The summed E-state index contributed by atoms with van der Waals surface area (Å²) in [5.74, 6) is 0. The van der Waals surface area contributed by atoms with Gasteiger partial charge in [0.1, 0.15) is 0 Å². The third-order valence-corrected chi connectivity index (χ3v) is 0.730. The van der Waals surface area contributed by atoms with Gasteiger partial charge in [-0.2, -0.15) is 0 Å². The molecule has 2 nitrogen and oxygen atoms in total. The molecule has 0 spiro atoms. The Morgan fingerprint density at radius 3 is 2.67 bits per heavy atom. The summed E-state index contributed by atoms with van der Waals surface area (Å²) in [7, 11) is 1.73. The molecule has 0 amide bonds. The largest absolute Gasteiger partial charge is 0.327 e. The first-order chi connectivity index (χ1) is 4.41. The zero-order valence-electron chi connectivity index (χ0n) is 5.62. The second kappa shape index (κ2) is 7.11. The molecule has 0 radical (unpaired) electrons. The summed E-state index contributed by atoms with van der Waals surface area (Å²) in [5.41, 5.74) is 5.19. The van der Waals surface area contributed by atoms with Crippen LogP contribution in [0.1, 0.15) is 0 Å². The van der Waals surface area contributed by atoms with E-state index in [1.807, 2.05) is 24.3 Å². The molecule has 0 aliphatic carbocycles. The number of aliphatic imine (C=N–C) groups is 1. The van der Waals surface area contributed by atoms with Crippen LogP contribution in [-0.4, -0.2) is 19.8 Å². The normalized spacial score (nSPS) is 12.7. The monoisotopic (exact) mass is 124 g/mol. The van der Waals surface area contributed by atoms with Gasteiger partial charge in [0, 0.05) is 19.8 Å². The van der Waals surface area contributed by atoms with Crippen LogP contribution in [0.15, 0.2) is 29.3 Å². The molecule has 0 saturated heterocycles. The van der Waals surface area contributed by atoms with Crippen molar-refractivity contribution in [3.8, 4) is 0 Å². The lowest BCUT2D eigenvalue weighted by atomic mass is 10.4. The SMILES string of the molecule is CN=C/C=C\C=C\CN. The van der Waals surface area contributed by atoms with Gasteiger partial charge in [0.15, 0.2) is 0 Å². The molecule has 0 bridgehead atoms. The van der Waals surface area contributed by atoms with Crippen molar-refractivity contribution in [2.75, 3.05) is 13.6 Å². The highest BCUT2D eigenvalue weighted by Crippen LogP contribution is 1.72. The number of nitrogens with two attached hydrogens (primary N) is 1. The van der Waals surface area contributed by atoms with Gasteiger partial charge >= 0.3 is 0 Å². The molecule has 0 aromatic heterocycles. The molecule has 0 saturated carbocycles. The minimum atomic E-state index is 0.591. The second-order valence-electron chi connectivity index (χ2n) is 1.46. The maximum Gasteiger partial charge on any atom is 0.0277 e. The fourth-order valence-electron chi connectivity index (χ4n) is 0.357. The molecule has 0 aromatic carbocycles. The fourth-order valence-corrected chi connectivity index (χ4v) is 0.357. The first-order valence-corrected chi connectivity index (χ1v) is 2.86. The predicted molar refractivity (Wildman–Crippen MR) is 41.8 cm³/mol. The quantitative estimate of drug-likeness (QED) is 0.437. The van der Waals surface area contributed by atoms with E-state index < -0.39 is 0 Å². The predicted octanol–water partition coefficient (Wildman–Crippen LogP) is 0.758. The molecular weight excluding hydrogens is 112 g/mol. The third kappa shape index (κ3) is 7.11. The van der Waals surface area contributed by atoms with E-state index in [0.717, 1.165) is 0 Å². The van der Waals surface area contributed by atoms with Gasteiger partial charge in [0.2, 0.25) is 0 Å². The molecule has 9 heavy (non-hydrogen) atoms. The summed E-state index contributed by atoms with van der Waals surface area (Å²) in [6.07, 6.45) is 9.23. The van der Waals surface area contributed by atoms with Crippen LogP contribution in [-0.2, 0) is 0 Å². The van der Waals surface area contributed by atoms with Crippen molar-refractivity contribution in [3.05, 3.63) is 24.3 Å². The highest BCUT2D eigenvalue weighted by Gasteiger charge is 1.60. The fraction of sp³-hybridized carbons (Fsp3) is 0.286. The van der Waals surface area contributed by atoms with Gasteiger partial charge in [-0.15, -0.1) is 0 Å². The first kappa shape index (κ1) is 8.11. The van der Waals surface area contributed by atoms with Crippen LogP contribution in [0, 0.1) is 0 Å². The lowest BCUT2D eigenvalue weighted by Gasteiger charge is -1.73. The number of allylic oxidation sites excluding steroid dienone is 3. The van der Waals surface area contributed by atoms with Gasteiger partial charge < -0.3 is 5.73 Å². The van der Waals surface area contributed by atoms with Crippen molar-refractivity contribution in [2.24, 2.45) is 10.7 Å². The average molecular weight is 124 g/mol. The minimum Gasteiger partial charge on any atom is -0.327 e. The van der Waals surface area contributed by atoms with Crippen molar-refractivity contribution in [2.45, 2.75) is 0 Å². The van der Waals surface area contributed by atoms with Crippen molar-refractivity contribution < 1.29 is 0 Å². The summed E-state index contributed by atoms with van der Waals surface area (Å²) in [6.45, 7) is 0.591. The molecule has 0 heterocycles. The highest BCUT2D eigenvalue weighted by atomic mass is 14.6. The Morgan fingerprint density at radius 2 is 2.11 bits per heavy atom. The minimum absolute atomic E-state index is 0.591. The standard InChI is InChI=1S/C7H12N2/c1-9-7-5-3-2-4-6-8/h2-5,7H,6,8H2,1H3/b4-2+,5-3-,9-7?. The first-order valence-electron chi connectivity index (χ1n) is 2.86. The summed E-state index contributed by atoms with van der Waals surface area (Å²) >= 11 is 0. The maximum atomic E-state index is 5.19. The van der Waals surface area contributed by atoms with Crippen LogP contribution < -0.4 is 5.73 Å². The van der Waals surface area contributed by atoms with Crippen LogP contribution >= 0.6 is 0 Å². The second-order valence-corrected chi connectivity index (χ2v) is 1.46. The average Bonchev–Trinajstić information content (AvgIpc) is 1.89. The molecule has 0 unspecified atom stereocenters. The van der Waals surface area contributed by atoms with Crippen LogP contribution in [0.3, 0.4) is 0 Å². The van der Waals surface area contributed by atoms with E-state index >= 15 is 0 Å². The van der Waals surface area contributed by atoms with Gasteiger partial charge in [-0.3, -0.25) is 4.99 Å². The van der Waals surface area contributed by atoms with Gasteiger partial charge in [-0.1, -0.05) is 18.2 Å². The Labute approximate surface area is 55.8 Å². The van der Waals surface area contributed by atoms with Crippen LogP contribution in [0.2, 0.25) is 0 Å². The molecule has 0 aromatic rings. The van der Waals surface area contributed by atoms with E-state index in [2.05, 4.69) is 4.99 Å². The molecule has 0 rings (SSSR count). The van der Waals surface area contributed by atoms with E-state index in [9.17, 15) is 0 Å². The Morgan fingerprint density at radius 1 is 1.33 bits per heavy atom. The topological polar surface area (TPSA) is 38.4 Å². The van der Waals surface area contributed by atoms with Gasteiger partial charge in [0.25, 0.3) is 0 Å². The van der Waals surface area contributed by atoms with E-state index in [1.165, 1.54) is 0 Å². The zero-order chi connectivity index (χ0) is 6.95. The lowest BCUT2D eigenvalue weighted by Crippen LogP contribution is -1.91. The maximum absolute atomic E-state index is 5.19. The van der Waals surface area contributed by atoms with Crippen molar-refractivity contribution in [3.63, 3.8) is 0 Å². The van der Waals surface area contributed by atoms with Gasteiger partial charge in [0.05, 0.1) is 0 Å². The molecule has 50 valence electrons. The van der Waals surface area contributed by atoms with Gasteiger partial charge in [-0.05, 0) is 6.08 Å². The molecule has 2 N–H and O–H groups in total. The van der Waals surface area contributed by atoms with E-state index in [4.69, 9.17) is 5.73 Å². The number of hydrogen-bond donors (Lipinski definition) is 1. The number of nitrogens with zero attached hydrogens (tertiary/aromatic N) is 1. The molecule has 0 fully saturated rings. The van der Waals surface area contributed by atoms with Crippen LogP contribution in [0.4, 0.5) is 0 Å². The summed E-state index contributed by atoms with van der Waals surface area (Å²) in [6, 6.07) is 0. The Hall–Kier alpha value is -0.890. The van der Waals surface area contributed by atoms with Crippen LogP contribution in [0.25, 0.3) is 0 Å². The summed E-state index contributed by atoms with van der Waals surface area (Å²) in [5, 5.41) is 0. The van der Waals surface area contributed by atoms with E-state index in [-0.39, 0.29) is 0 Å². The lowest BCUT2D eigenvalue weighted by molar-refractivity contribution is 1.25. The van der Waals surface area contributed by atoms with Crippen LogP contribution in [0.5, 0.6) is 0 Å². The number of hydrogen-bond acceptors (Lipinski definition) is 2. The molecular formula is C7H12N2. The van der Waals surface area contributed by atoms with Crippen molar-refractivity contribution in [1.82, 2.24) is 0 Å². The molecule has 2 heteroatoms. The Kier molecular flexibility index (Phi) is 6.41. The summed E-state index contributed by atoms with van der Waals surface area (Å²) in [4.78, 5) is 3.76. The third-order valence-electron chi connectivity index (χ3n) is 0.730. The number of rotatable bonds is 3. The van der Waals surface area contributed by atoms with E-state index in [1.54, 1.807) is 13.3 Å². The molecule has 0 atom stereocenters. The molecule has 0 aliphatic rings. The van der Waals surface area contributed by atoms with E-state index in [0.29, 0.717) is 6.54 Å². The van der Waals surface area contributed by atoms with Gasteiger partial charge in [-0.25, -0.2) is 0 Å². The van der Waals surface area contributed by atoms with Crippen molar-refractivity contribution >= 4 is 6.21 Å². The Balaban J connectivity index is 3.35. The highest BCUT2D eigenvalue weighted by molar-refractivity contribution is 5.71. The zero-order valence-corrected chi connectivity index (χ0v) is 5.62. The smallest absolute Gasteiger partial charge is 0.0277 e. The molecule has 0 aliphatic heterocycles. The summed E-state index contributed by atoms with van der Waals surface area (Å²) < 4.78 is 0. The Bertz CT molecular complexity index is 123. The van der Waals surface area contributed by atoms with Crippen molar-refractivity contribution in [1.29, 1.82) is 0 Å².